The van der Waals surface area contributed by atoms with Gasteiger partial charge in [-0.25, -0.2) is 0 Å². The summed E-state index contributed by atoms with van der Waals surface area (Å²) in [5, 5.41) is 91.4. The number of phenolic OH excluding ortho intramolecular Hbond substituents is 3. The Labute approximate surface area is 236 Å². The van der Waals surface area contributed by atoms with Crippen molar-refractivity contribution in [3.05, 3.63) is 46.6 Å². The lowest BCUT2D eigenvalue weighted by Gasteiger charge is -2.42. The van der Waals surface area contributed by atoms with Gasteiger partial charge in [-0.15, -0.1) is 0 Å². The Balaban J connectivity index is 1.46. The molecular weight excluding hydrogens is 564 g/mol. The number of aliphatic hydroxyl groups excluding tert-OH is 6. The van der Waals surface area contributed by atoms with Gasteiger partial charge in [-0.3, -0.25) is 4.79 Å². The molecule has 3 aromatic rings. The summed E-state index contributed by atoms with van der Waals surface area (Å²) in [6.45, 7) is 0.866. The molecule has 0 bridgehead atoms. The number of fused-ring (bicyclic) bond motifs is 1. The van der Waals surface area contributed by atoms with Gasteiger partial charge >= 0.3 is 0 Å². The van der Waals surface area contributed by atoms with Crippen LogP contribution in [0.25, 0.3) is 22.3 Å². The Kier molecular flexibility index (Phi) is 8.30. The van der Waals surface area contributed by atoms with Gasteiger partial charge in [0.25, 0.3) is 0 Å². The molecule has 2 fully saturated rings. The summed E-state index contributed by atoms with van der Waals surface area (Å²) in [5.41, 5.74) is -0.956. The van der Waals surface area contributed by atoms with Gasteiger partial charge in [0.2, 0.25) is 17.5 Å². The number of phenols is 3. The molecule has 2 aliphatic heterocycles. The molecule has 2 aliphatic rings. The number of aromatic hydroxyl groups is 3. The van der Waals surface area contributed by atoms with Crippen molar-refractivity contribution in [1.29, 1.82) is 0 Å². The Morgan fingerprint density at radius 3 is 2.10 bits per heavy atom. The fourth-order valence-corrected chi connectivity index (χ4v) is 4.79. The standard InChI is InChI=1S/C27H30O15/c1-9-17(31)20(34)22(36)26(39-9)38-8-15-18(32)21(35)23(37)27(41-15)42-25-19(33)16-13(30)6-12(29)7-14(16)40-24(25)10-2-4-11(28)5-3-10/h2-7,9,15,17-18,20-23,26-32,34-37H,8H2,1H3/t9-,15-,17+,18-,20-,21-,22-,23+,26+,27-/m0/s1. The van der Waals surface area contributed by atoms with Crippen LogP contribution in [0.2, 0.25) is 0 Å². The Bertz CT molecular complexity index is 1470. The van der Waals surface area contributed by atoms with E-state index in [-0.39, 0.29) is 28.0 Å². The first kappa shape index (κ1) is 30.0. The molecule has 2 saturated heterocycles. The highest BCUT2D eigenvalue weighted by atomic mass is 16.7. The molecule has 1 aromatic heterocycles. The van der Waals surface area contributed by atoms with E-state index in [0.29, 0.717) is 0 Å². The molecule has 42 heavy (non-hydrogen) atoms. The lowest BCUT2D eigenvalue weighted by atomic mass is 9.98. The van der Waals surface area contributed by atoms with Gasteiger partial charge in [-0.05, 0) is 31.2 Å². The minimum absolute atomic E-state index is 0.103. The van der Waals surface area contributed by atoms with E-state index in [0.717, 1.165) is 12.1 Å². The zero-order chi connectivity index (χ0) is 30.5. The SMILES string of the molecule is C[C@@H]1O[C@@H](OC[C@@H]2O[C@@H](Oc3c(-c4ccc(O)cc4)oc4cc(O)cc(O)c4c3=O)[C@H](O)[C@@H](O)[C@H]2O)[C@@H](O)[C@@H](O)[C@@H]1O. The predicted octanol–water partition coefficient (Wildman–Crippen LogP) is -1.39. The third kappa shape index (κ3) is 5.49. The van der Waals surface area contributed by atoms with E-state index in [1.807, 2.05) is 0 Å². The molecular formula is C27H30O15. The number of benzene rings is 2. The molecule has 0 amide bonds. The first-order chi connectivity index (χ1) is 19.9. The summed E-state index contributed by atoms with van der Waals surface area (Å²) in [4.78, 5) is 13.5. The molecule has 228 valence electrons. The molecule has 0 saturated carbocycles. The van der Waals surface area contributed by atoms with E-state index in [4.69, 9.17) is 23.4 Å². The molecule has 0 radical (unpaired) electrons. The van der Waals surface area contributed by atoms with Crippen LogP contribution in [0.3, 0.4) is 0 Å². The predicted molar refractivity (Wildman–Crippen MR) is 139 cm³/mol. The van der Waals surface area contributed by atoms with Crippen LogP contribution >= 0.6 is 0 Å². The number of hydrogen-bond acceptors (Lipinski definition) is 15. The van der Waals surface area contributed by atoms with Crippen LogP contribution in [-0.2, 0) is 14.2 Å². The lowest BCUT2D eigenvalue weighted by molar-refractivity contribution is -0.318. The quantitative estimate of drug-likeness (QED) is 0.159. The Hall–Kier alpha value is -3.51. The second-order valence-electron chi connectivity index (χ2n) is 10.1. The van der Waals surface area contributed by atoms with Crippen LogP contribution in [0.5, 0.6) is 23.0 Å². The molecule has 0 aliphatic carbocycles. The van der Waals surface area contributed by atoms with Gasteiger partial charge in [0.1, 0.15) is 70.9 Å². The van der Waals surface area contributed by atoms with Crippen molar-refractivity contribution < 1.29 is 69.3 Å². The average Bonchev–Trinajstić information content (AvgIpc) is 2.95. The van der Waals surface area contributed by atoms with Crippen LogP contribution in [0.1, 0.15) is 6.92 Å². The molecule has 5 rings (SSSR count). The summed E-state index contributed by atoms with van der Waals surface area (Å²) in [6.07, 6.45) is -15.8. The summed E-state index contributed by atoms with van der Waals surface area (Å²) < 4.78 is 28.0. The molecule has 15 nitrogen and oxygen atoms in total. The van der Waals surface area contributed by atoms with Crippen LogP contribution in [0.4, 0.5) is 0 Å². The van der Waals surface area contributed by atoms with Crippen molar-refractivity contribution in [1.82, 2.24) is 0 Å². The minimum atomic E-state index is -1.92. The number of hydrogen-bond donors (Lipinski definition) is 9. The van der Waals surface area contributed by atoms with Crippen LogP contribution in [0, 0.1) is 0 Å². The largest absolute Gasteiger partial charge is 0.508 e. The zero-order valence-corrected chi connectivity index (χ0v) is 21.9. The van der Waals surface area contributed by atoms with E-state index in [2.05, 4.69) is 0 Å². The van der Waals surface area contributed by atoms with E-state index >= 15 is 0 Å². The van der Waals surface area contributed by atoms with Crippen molar-refractivity contribution in [2.45, 2.75) is 68.3 Å². The molecule has 0 unspecified atom stereocenters. The maximum Gasteiger partial charge on any atom is 0.239 e. The van der Waals surface area contributed by atoms with Gasteiger partial charge in [-0.2, -0.15) is 0 Å². The monoisotopic (exact) mass is 594 g/mol. The van der Waals surface area contributed by atoms with Gasteiger partial charge < -0.3 is 69.3 Å². The lowest BCUT2D eigenvalue weighted by Crippen LogP contribution is -2.61. The molecule has 0 spiro atoms. The van der Waals surface area contributed by atoms with Crippen molar-refractivity contribution in [2.75, 3.05) is 6.61 Å². The summed E-state index contributed by atoms with van der Waals surface area (Å²) in [7, 11) is 0. The minimum Gasteiger partial charge on any atom is -0.508 e. The van der Waals surface area contributed by atoms with Crippen LogP contribution in [-0.4, -0.2) is 114 Å². The van der Waals surface area contributed by atoms with Gasteiger partial charge in [0.15, 0.2) is 12.1 Å². The normalized spacial score (nSPS) is 33.5. The fourth-order valence-electron chi connectivity index (χ4n) is 4.79. The number of ether oxygens (including phenoxy) is 4. The van der Waals surface area contributed by atoms with Gasteiger partial charge in [-0.1, -0.05) is 0 Å². The molecule has 15 heteroatoms. The maximum atomic E-state index is 13.5. The van der Waals surface area contributed by atoms with Crippen LogP contribution in [0.15, 0.2) is 45.6 Å². The second-order valence-corrected chi connectivity index (χ2v) is 10.1. The average molecular weight is 595 g/mol. The third-order valence-electron chi connectivity index (χ3n) is 7.18. The number of aliphatic hydroxyl groups is 6. The second kappa shape index (κ2) is 11.6. The summed E-state index contributed by atoms with van der Waals surface area (Å²) in [6, 6.07) is 7.33. The van der Waals surface area contributed by atoms with Crippen molar-refractivity contribution >= 4 is 11.0 Å². The van der Waals surface area contributed by atoms with E-state index in [1.165, 1.54) is 31.2 Å². The molecule has 2 aromatic carbocycles. The summed E-state index contributed by atoms with van der Waals surface area (Å²) in [5.74, 6) is -1.97. The smallest absolute Gasteiger partial charge is 0.239 e. The maximum absolute atomic E-state index is 13.5. The molecule has 9 N–H and O–H groups in total. The summed E-state index contributed by atoms with van der Waals surface area (Å²) >= 11 is 0. The van der Waals surface area contributed by atoms with Crippen molar-refractivity contribution in [3.63, 3.8) is 0 Å². The first-order valence-corrected chi connectivity index (χ1v) is 12.9. The third-order valence-corrected chi connectivity index (χ3v) is 7.18. The highest BCUT2D eigenvalue weighted by molar-refractivity contribution is 5.88. The van der Waals surface area contributed by atoms with Gasteiger partial charge in [0.05, 0.1) is 12.7 Å². The van der Waals surface area contributed by atoms with Crippen LogP contribution < -0.4 is 10.2 Å². The van der Waals surface area contributed by atoms with Crippen molar-refractivity contribution in [2.24, 2.45) is 0 Å². The molecule has 10 atom stereocenters. The number of rotatable bonds is 6. The fraction of sp³-hybridized carbons (Fsp3) is 0.444. The van der Waals surface area contributed by atoms with E-state index in [9.17, 15) is 50.8 Å². The molecule has 3 heterocycles. The van der Waals surface area contributed by atoms with E-state index < -0.39 is 90.7 Å². The zero-order valence-electron chi connectivity index (χ0n) is 21.9. The Morgan fingerprint density at radius 2 is 1.40 bits per heavy atom. The van der Waals surface area contributed by atoms with Crippen molar-refractivity contribution in [3.8, 4) is 34.3 Å². The first-order valence-electron chi connectivity index (χ1n) is 12.9. The highest BCUT2D eigenvalue weighted by Crippen LogP contribution is 2.37. The highest BCUT2D eigenvalue weighted by Gasteiger charge is 2.47. The Morgan fingerprint density at radius 1 is 0.762 bits per heavy atom. The van der Waals surface area contributed by atoms with Gasteiger partial charge in [0, 0.05) is 17.7 Å². The van der Waals surface area contributed by atoms with E-state index in [1.54, 1.807) is 0 Å². The topological polar surface area (TPSA) is 249 Å².